The number of nitrogens with one attached hydrogen (secondary N) is 1. The SMILES string of the molecule is CC(C)c1cccc(C(C)C)c1NN=C(CC1=C(C(C)(C)C)C=CC1)c1ccccc1. The van der Waals surface area contributed by atoms with E-state index in [2.05, 4.69) is 115 Å². The molecule has 1 aliphatic carbocycles. The maximum absolute atomic E-state index is 5.04. The van der Waals surface area contributed by atoms with Crippen LogP contribution in [0.1, 0.15) is 89.8 Å². The molecule has 1 N–H and O–H groups in total. The van der Waals surface area contributed by atoms with E-state index in [-0.39, 0.29) is 5.41 Å². The van der Waals surface area contributed by atoms with E-state index in [1.807, 2.05) is 0 Å². The van der Waals surface area contributed by atoms with E-state index in [4.69, 9.17) is 5.10 Å². The number of allylic oxidation sites excluding steroid dienone is 4. The fourth-order valence-corrected chi connectivity index (χ4v) is 4.34. The van der Waals surface area contributed by atoms with Crippen LogP contribution in [0.25, 0.3) is 0 Å². The van der Waals surface area contributed by atoms with Crippen molar-refractivity contribution >= 4 is 11.4 Å². The van der Waals surface area contributed by atoms with Gasteiger partial charge in [-0.25, -0.2) is 0 Å². The minimum absolute atomic E-state index is 0.145. The number of rotatable bonds is 7. The molecule has 0 saturated carbocycles. The van der Waals surface area contributed by atoms with Gasteiger partial charge in [0.05, 0.1) is 11.4 Å². The third-order valence-corrected chi connectivity index (χ3v) is 6.00. The molecule has 0 aliphatic heterocycles. The van der Waals surface area contributed by atoms with Gasteiger partial charge in [-0.2, -0.15) is 5.10 Å². The van der Waals surface area contributed by atoms with Crippen molar-refractivity contribution in [1.82, 2.24) is 0 Å². The molecule has 0 fully saturated rings. The summed E-state index contributed by atoms with van der Waals surface area (Å²) in [5, 5.41) is 5.04. The summed E-state index contributed by atoms with van der Waals surface area (Å²) in [5.41, 5.74) is 12.6. The molecule has 2 nitrogen and oxygen atoms in total. The van der Waals surface area contributed by atoms with Gasteiger partial charge in [0.25, 0.3) is 0 Å². The Kier molecular flexibility index (Phi) is 7.20. The van der Waals surface area contributed by atoms with E-state index >= 15 is 0 Å². The van der Waals surface area contributed by atoms with Crippen LogP contribution in [0, 0.1) is 5.41 Å². The van der Waals surface area contributed by atoms with Crippen LogP contribution in [0.15, 0.2) is 76.9 Å². The predicted molar refractivity (Wildman–Crippen MR) is 136 cm³/mol. The molecule has 0 bridgehead atoms. The van der Waals surface area contributed by atoms with Crippen molar-refractivity contribution in [1.29, 1.82) is 0 Å². The third-order valence-electron chi connectivity index (χ3n) is 6.00. The Labute approximate surface area is 189 Å². The summed E-state index contributed by atoms with van der Waals surface area (Å²) in [6.45, 7) is 15.9. The quantitative estimate of drug-likeness (QED) is 0.357. The minimum atomic E-state index is 0.145. The lowest BCUT2D eigenvalue weighted by atomic mass is 9.83. The van der Waals surface area contributed by atoms with Crippen molar-refractivity contribution in [2.24, 2.45) is 10.5 Å². The van der Waals surface area contributed by atoms with Crippen molar-refractivity contribution in [2.45, 2.75) is 73.1 Å². The number of para-hydroxylation sites is 1. The smallest absolute Gasteiger partial charge is 0.0720 e. The second-order valence-corrected chi connectivity index (χ2v) is 10.2. The normalized spacial score (nSPS) is 14.8. The molecule has 0 atom stereocenters. The van der Waals surface area contributed by atoms with Crippen LogP contribution in [0.3, 0.4) is 0 Å². The number of nitrogens with zero attached hydrogens (tertiary/aromatic N) is 1. The molecule has 0 saturated heterocycles. The molecule has 0 amide bonds. The number of hydrazone groups is 1. The van der Waals surface area contributed by atoms with E-state index in [0.29, 0.717) is 11.8 Å². The molecule has 2 heteroatoms. The standard InChI is InChI=1S/C29H38N2/c1-20(2)24-16-12-17-25(21(3)4)28(24)31-30-27(22-13-9-8-10-14-22)19-23-15-11-18-26(23)29(5,6)7/h8-14,16-18,20-21,31H,15,19H2,1-7H3. The second kappa shape index (κ2) is 9.68. The summed E-state index contributed by atoms with van der Waals surface area (Å²) in [6, 6.07) is 17.2. The zero-order valence-corrected chi connectivity index (χ0v) is 20.3. The Hall–Kier alpha value is -2.61. The number of hydrogen-bond acceptors (Lipinski definition) is 2. The van der Waals surface area contributed by atoms with Crippen LogP contribution in [0.2, 0.25) is 0 Å². The zero-order chi connectivity index (χ0) is 22.6. The summed E-state index contributed by atoms with van der Waals surface area (Å²) in [7, 11) is 0. The lowest BCUT2D eigenvalue weighted by molar-refractivity contribution is 0.513. The van der Waals surface area contributed by atoms with Gasteiger partial charge >= 0.3 is 0 Å². The van der Waals surface area contributed by atoms with Gasteiger partial charge < -0.3 is 0 Å². The number of anilines is 1. The maximum Gasteiger partial charge on any atom is 0.0720 e. The molecule has 0 spiro atoms. The average Bonchev–Trinajstić information content (AvgIpc) is 3.20. The topological polar surface area (TPSA) is 24.4 Å². The molecule has 1 aliphatic rings. The monoisotopic (exact) mass is 414 g/mol. The van der Waals surface area contributed by atoms with Gasteiger partial charge in [0.1, 0.15) is 0 Å². The van der Waals surface area contributed by atoms with Gasteiger partial charge in [0, 0.05) is 6.42 Å². The van der Waals surface area contributed by atoms with Crippen LogP contribution < -0.4 is 5.43 Å². The fraction of sp³-hybridized carbons (Fsp3) is 0.414. The first kappa shape index (κ1) is 23.1. The molecular formula is C29H38N2. The molecule has 2 aromatic carbocycles. The van der Waals surface area contributed by atoms with Gasteiger partial charge in [-0.3, -0.25) is 5.43 Å². The first-order valence-corrected chi connectivity index (χ1v) is 11.6. The molecule has 31 heavy (non-hydrogen) atoms. The van der Waals surface area contributed by atoms with Crippen molar-refractivity contribution in [3.8, 4) is 0 Å². The molecule has 3 rings (SSSR count). The first-order valence-electron chi connectivity index (χ1n) is 11.6. The molecule has 0 aromatic heterocycles. The second-order valence-electron chi connectivity index (χ2n) is 10.2. The largest absolute Gasteiger partial charge is 0.278 e. The van der Waals surface area contributed by atoms with Crippen molar-refractivity contribution < 1.29 is 0 Å². The van der Waals surface area contributed by atoms with E-state index in [1.54, 1.807) is 0 Å². The van der Waals surface area contributed by atoms with Crippen LogP contribution in [-0.4, -0.2) is 5.71 Å². The van der Waals surface area contributed by atoms with Crippen LogP contribution in [-0.2, 0) is 0 Å². The Morgan fingerprint density at radius 2 is 1.52 bits per heavy atom. The third kappa shape index (κ3) is 5.55. The highest BCUT2D eigenvalue weighted by atomic mass is 15.3. The number of benzene rings is 2. The summed E-state index contributed by atoms with van der Waals surface area (Å²) >= 11 is 0. The predicted octanol–water partition coefficient (Wildman–Crippen LogP) is 8.44. The van der Waals surface area contributed by atoms with E-state index in [1.165, 1.54) is 27.8 Å². The van der Waals surface area contributed by atoms with Crippen molar-refractivity contribution in [3.63, 3.8) is 0 Å². The lowest BCUT2D eigenvalue weighted by Crippen LogP contribution is -2.12. The average molecular weight is 415 g/mol. The van der Waals surface area contributed by atoms with Gasteiger partial charge in [0.2, 0.25) is 0 Å². The Morgan fingerprint density at radius 3 is 2.06 bits per heavy atom. The van der Waals surface area contributed by atoms with Gasteiger partial charge in [-0.15, -0.1) is 0 Å². The van der Waals surface area contributed by atoms with Crippen LogP contribution >= 0.6 is 0 Å². The van der Waals surface area contributed by atoms with Crippen molar-refractivity contribution in [3.05, 3.63) is 88.5 Å². The molecule has 0 radical (unpaired) electrons. The highest BCUT2D eigenvalue weighted by molar-refractivity contribution is 6.02. The van der Waals surface area contributed by atoms with Gasteiger partial charge in [-0.05, 0) is 45.9 Å². The van der Waals surface area contributed by atoms with Crippen LogP contribution in [0.5, 0.6) is 0 Å². The highest BCUT2D eigenvalue weighted by Crippen LogP contribution is 2.37. The van der Waals surface area contributed by atoms with Crippen LogP contribution in [0.4, 0.5) is 5.69 Å². The van der Waals surface area contributed by atoms with E-state index in [0.717, 1.165) is 24.2 Å². The Balaban J connectivity index is 2.03. The summed E-state index contributed by atoms with van der Waals surface area (Å²) in [6.07, 6.45) is 6.46. The lowest BCUT2D eigenvalue weighted by Gasteiger charge is -2.23. The van der Waals surface area contributed by atoms with E-state index < -0.39 is 0 Å². The van der Waals surface area contributed by atoms with Gasteiger partial charge in [-0.1, -0.05) is 115 Å². The van der Waals surface area contributed by atoms with E-state index in [9.17, 15) is 0 Å². The Bertz CT molecular complexity index is 957. The summed E-state index contributed by atoms with van der Waals surface area (Å²) in [4.78, 5) is 0. The minimum Gasteiger partial charge on any atom is -0.278 e. The van der Waals surface area contributed by atoms with Gasteiger partial charge in [0.15, 0.2) is 0 Å². The molecule has 164 valence electrons. The summed E-state index contributed by atoms with van der Waals surface area (Å²) < 4.78 is 0. The first-order chi connectivity index (χ1) is 14.7. The number of hydrogen-bond donors (Lipinski definition) is 1. The summed E-state index contributed by atoms with van der Waals surface area (Å²) in [5.74, 6) is 0.872. The van der Waals surface area contributed by atoms with Crippen molar-refractivity contribution in [2.75, 3.05) is 5.43 Å². The molecule has 0 heterocycles. The maximum atomic E-state index is 5.04. The fourth-order valence-electron chi connectivity index (χ4n) is 4.34. The molecule has 2 aromatic rings. The zero-order valence-electron chi connectivity index (χ0n) is 20.3. The highest BCUT2D eigenvalue weighted by Gasteiger charge is 2.23. The Morgan fingerprint density at radius 1 is 0.903 bits per heavy atom. The molecule has 0 unspecified atom stereocenters. The molecular weight excluding hydrogens is 376 g/mol.